The number of hydrogen-bond donors (Lipinski definition) is 1. The van der Waals surface area contributed by atoms with Gasteiger partial charge in [0.25, 0.3) is 5.91 Å². The number of nitrogens with zero attached hydrogens (tertiary/aromatic N) is 2. The van der Waals surface area contributed by atoms with Crippen molar-refractivity contribution in [2.45, 2.75) is 44.7 Å². The molecule has 0 bridgehead atoms. The predicted octanol–water partition coefficient (Wildman–Crippen LogP) is 3.69. The summed E-state index contributed by atoms with van der Waals surface area (Å²) in [6.45, 7) is 2.42. The van der Waals surface area contributed by atoms with Crippen molar-refractivity contribution >= 4 is 57.8 Å². The van der Waals surface area contributed by atoms with Crippen LogP contribution < -0.4 is 0 Å². The average Bonchev–Trinajstić information content (AvgIpc) is 2.94. The third-order valence-electron chi connectivity index (χ3n) is 5.09. The number of carbonyl (C=O) groups excluding carboxylic acids is 2. The lowest BCUT2D eigenvalue weighted by molar-refractivity contribution is -0.142. The predicted molar refractivity (Wildman–Crippen MR) is 117 cm³/mol. The minimum absolute atomic E-state index is 0.0223. The zero-order valence-electron chi connectivity index (χ0n) is 15.6. The molecule has 5 nitrogen and oxygen atoms in total. The largest absolute Gasteiger partial charge is 0.396 e. The van der Waals surface area contributed by atoms with Gasteiger partial charge in [-0.1, -0.05) is 47.7 Å². The van der Waals surface area contributed by atoms with E-state index in [0.29, 0.717) is 27.2 Å². The smallest absolute Gasteiger partial charge is 0.266 e. The zero-order valence-corrected chi connectivity index (χ0v) is 18.0. The van der Waals surface area contributed by atoms with Gasteiger partial charge in [0.05, 0.1) is 4.91 Å². The topological polar surface area (TPSA) is 60.9 Å². The van der Waals surface area contributed by atoms with E-state index in [2.05, 4.69) is 0 Å². The van der Waals surface area contributed by atoms with Gasteiger partial charge >= 0.3 is 0 Å². The first kappa shape index (κ1) is 21.3. The SMILES string of the molecule is C[C@H](C(=O)N1CCCC[C@@H]1CCO)N1C(=O)/C(=C/c2cccc(Cl)c2)SC1=S. The number of piperidine rings is 1. The molecule has 2 atom stereocenters. The van der Waals surface area contributed by atoms with Crippen LogP contribution in [0.1, 0.15) is 38.2 Å². The van der Waals surface area contributed by atoms with Crippen LogP contribution in [-0.4, -0.2) is 56.3 Å². The van der Waals surface area contributed by atoms with Gasteiger partial charge in [0.1, 0.15) is 10.4 Å². The number of thioether (sulfide) groups is 1. The molecule has 0 spiro atoms. The average molecular weight is 439 g/mol. The molecule has 150 valence electrons. The van der Waals surface area contributed by atoms with Crippen LogP contribution in [0.25, 0.3) is 6.08 Å². The Labute approximate surface area is 179 Å². The molecule has 0 saturated carbocycles. The van der Waals surface area contributed by atoms with E-state index in [1.54, 1.807) is 25.1 Å². The maximum absolute atomic E-state index is 13.1. The summed E-state index contributed by atoms with van der Waals surface area (Å²) in [4.78, 5) is 29.8. The van der Waals surface area contributed by atoms with Gasteiger partial charge < -0.3 is 10.0 Å². The highest BCUT2D eigenvalue weighted by Crippen LogP contribution is 2.35. The molecule has 2 aliphatic rings. The van der Waals surface area contributed by atoms with Crippen LogP contribution in [0.15, 0.2) is 29.2 Å². The molecule has 2 saturated heterocycles. The molecule has 2 aliphatic heterocycles. The quantitative estimate of drug-likeness (QED) is 0.561. The Bertz CT molecular complexity index is 812. The van der Waals surface area contributed by atoms with Crippen molar-refractivity contribution in [1.29, 1.82) is 0 Å². The van der Waals surface area contributed by atoms with E-state index < -0.39 is 6.04 Å². The van der Waals surface area contributed by atoms with Crippen LogP contribution in [0, 0.1) is 0 Å². The van der Waals surface area contributed by atoms with Crippen LogP contribution in [0.5, 0.6) is 0 Å². The van der Waals surface area contributed by atoms with E-state index in [4.69, 9.17) is 23.8 Å². The Hall–Kier alpha value is -1.41. The Morgan fingerprint density at radius 3 is 2.96 bits per heavy atom. The minimum Gasteiger partial charge on any atom is -0.396 e. The van der Waals surface area contributed by atoms with Crippen molar-refractivity contribution in [1.82, 2.24) is 9.80 Å². The summed E-state index contributed by atoms with van der Waals surface area (Å²) in [6.07, 6.45) is 5.18. The van der Waals surface area contributed by atoms with E-state index >= 15 is 0 Å². The molecule has 8 heteroatoms. The number of thiocarbonyl (C=S) groups is 1. The monoisotopic (exact) mass is 438 g/mol. The Kier molecular flexibility index (Phi) is 7.15. The van der Waals surface area contributed by atoms with Gasteiger partial charge in [-0.05, 0) is 56.4 Å². The summed E-state index contributed by atoms with van der Waals surface area (Å²) in [5.41, 5.74) is 0.811. The molecule has 28 heavy (non-hydrogen) atoms. The van der Waals surface area contributed by atoms with Gasteiger partial charge in [0.15, 0.2) is 0 Å². The van der Waals surface area contributed by atoms with Crippen LogP contribution in [-0.2, 0) is 9.59 Å². The summed E-state index contributed by atoms with van der Waals surface area (Å²) in [5, 5.41) is 9.89. The lowest BCUT2D eigenvalue weighted by atomic mass is 9.98. The molecule has 3 rings (SSSR count). The second-order valence-electron chi connectivity index (χ2n) is 6.98. The first-order valence-electron chi connectivity index (χ1n) is 9.36. The number of benzene rings is 1. The molecule has 0 aromatic heterocycles. The lowest BCUT2D eigenvalue weighted by Crippen LogP contribution is -2.53. The standard InChI is InChI=1S/C20H23ClN2O3S2/c1-13(18(25)22-9-3-2-7-16(22)8-10-24)23-19(26)17(28-20(23)27)12-14-5-4-6-15(21)11-14/h4-6,11-13,16,24H,2-3,7-10H2,1H3/b17-12-/t13-,16-/m1/s1. The van der Waals surface area contributed by atoms with Gasteiger partial charge in [0.2, 0.25) is 5.91 Å². The number of hydrogen-bond acceptors (Lipinski definition) is 5. The Morgan fingerprint density at radius 1 is 1.46 bits per heavy atom. The lowest BCUT2D eigenvalue weighted by Gasteiger charge is -2.38. The molecule has 0 unspecified atom stereocenters. The van der Waals surface area contributed by atoms with Crippen LogP contribution in [0.2, 0.25) is 5.02 Å². The highest BCUT2D eigenvalue weighted by molar-refractivity contribution is 8.26. The normalized spacial score (nSPS) is 22.8. The first-order valence-corrected chi connectivity index (χ1v) is 11.0. The fraction of sp³-hybridized carbons (Fsp3) is 0.450. The van der Waals surface area contributed by atoms with Gasteiger partial charge in [-0.2, -0.15) is 0 Å². The van der Waals surface area contributed by atoms with E-state index in [0.717, 1.165) is 24.8 Å². The molecule has 1 aromatic carbocycles. The molecule has 2 heterocycles. The van der Waals surface area contributed by atoms with Crippen LogP contribution >= 0.6 is 35.6 Å². The third-order valence-corrected chi connectivity index (χ3v) is 6.65. The number of halogens is 1. The molecular weight excluding hydrogens is 416 g/mol. The number of rotatable bonds is 5. The van der Waals surface area contributed by atoms with Crippen molar-refractivity contribution in [3.63, 3.8) is 0 Å². The number of amides is 2. The number of carbonyl (C=O) groups is 2. The first-order chi connectivity index (χ1) is 13.4. The fourth-order valence-electron chi connectivity index (χ4n) is 3.65. The van der Waals surface area contributed by atoms with Crippen LogP contribution in [0.4, 0.5) is 0 Å². The highest BCUT2D eigenvalue weighted by atomic mass is 35.5. The molecular formula is C20H23ClN2O3S2. The van der Waals surface area contributed by atoms with Crippen molar-refractivity contribution < 1.29 is 14.7 Å². The van der Waals surface area contributed by atoms with E-state index in [-0.39, 0.29) is 24.5 Å². The summed E-state index contributed by atoms with van der Waals surface area (Å²) >= 11 is 12.6. The summed E-state index contributed by atoms with van der Waals surface area (Å²) in [5.74, 6) is -0.370. The third kappa shape index (κ3) is 4.59. The molecule has 2 fully saturated rings. The fourth-order valence-corrected chi connectivity index (χ4v) is 5.27. The van der Waals surface area contributed by atoms with Crippen molar-refractivity contribution in [3.8, 4) is 0 Å². The number of likely N-dealkylation sites (tertiary alicyclic amines) is 1. The van der Waals surface area contributed by atoms with E-state index in [1.165, 1.54) is 16.7 Å². The molecule has 1 N–H and O–H groups in total. The van der Waals surface area contributed by atoms with Crippen molar-refractivity contribution in [2.75, 3.05) is 13.2 Å². The molecule has 0 radical (unpaired) electrons. The minimum atomic E-state index is -0.669. The maximum atomic E-state index is 13.1. The van der Waals surface area contributed by atoms with Crippen molar-refractivity contribution in [2.24, 2.45) is 0 Å². The number of aliphatic hydroxyl groups is 1. The van der Waals surface area contributed by atoms with Gasteiger partial charge in [-0.15, -0.1) is 0 Å². The maximum Gasteiger partial charge on any atom is 0.266 e. The second-order valence-corrected chi connectivity index (χ2v) is 9.09. The zero-order chi connectivity index (χ0) is 20.3. The summed E-state index contributed by atoms with van der Waals surface area (Å²) < 4.78 is 0.384. The highest BCUT2D eigenvalue weighted by Gasteiger charge is 2.40. The summed E-state index contributed by atoms with van der Waals surface area (Å²) in [7, 11) is 0. The van der Waals surface area contributed by atoms with Crippen LogP contribution in [0.3, 0.4) is 0 Å². The Balaban J connectivity index is 1.78. The molecule has 1 aromatic rings. The van der Waals surface area contributed by atoms with Gasteiger partial charge in [-0.3, -0.25) is 14.5 Å². The number of aliphatic hydroxyl groups excluding tert-OH is 1. The van der Waals surface area contributed by atoms with Gasteiger partial charge in [0, 0.05) is 24.2 Å². The molecule has 0 aliphatic carbocycles. The summed E-state index contributed by atoms with van der Waals surface area (Å²) in [6, 6.07) is 6.58. The van der Waals surface area contributed by atoms with E-state index in [1.807, 2.05) is 17.0 Å². The Morgan fingerprint density at radius 2 is 2.25 bits per heavy atom. The molecule has 2 amide bonds. The van der Waals surface area contributed by atoms with Crippen molar-refractivity contribution in [3.05, 3.63) is 39.8 Å². The van der Waals surface area contributed by atoms with Gasteiger partial charge in [-0.25, -0.2) is 0 Å². The van der Waals surface area contributed by atoms with E-state index in [9.17, 15) is 14.7 Å². The second kappa shape index (κ2) is 9.39.